The van der Waals surface area contributed by atoms with Crippen LogP contribution in [-0.2, 0) is 11.3 Å². The average Bonchev–Trinajstić information content (AvgIpc) is 2.79. The number of hydrogen-bond acceptors (Lipinski definition) is 3. The van der Waals surface area contributed by atoms with Crippen LogP contribution in [-0.4, -0.2) is 19.3 Å². The molecule has 0 saturated carbocycles. The molecule has 1 aliphatic rings. The summed E-state index contributed by atoms with van der Waals surface area (Å²) in [6.07, 6.45) is 2.50. The Balaban J connectivity index is 1.98. The van der Waals surface area contributed by atoms with Crippen molar-refractivity contribution >= 4 is 0 Å². The maximum absolute atomic E-state index is 5.79. The molecule has 1 fully saturated rings. The van der Waals surface area contributed by atoms with E-state index >= 15 is 0 Å². The molecule has 2 rings (SSSR count). The van der Waals surface area contributed by atoms with E-state index in [0.717, 1.165) is 30.8 Å². The molecule has 3 nitrogen and oxygen atoms in total. The average molecular weight is 221 g/mol. The molecule has 1 unspecified atom stereocenters. The highest BCUT2D eigenvalue weighted by atomic mass is 16.5. The Hall–Kier alpha value is -1.06. The molecule has 1 aromatic rings. The summed E-state index contributed by atoms with van der Waals surface area (Å²) in [5.74, 6) is 0.901. The number of rotatable bonds is 4. The molecule has 0 spiro atoms. The first-order chi connectivity index (χ1) is 7.79. The molecule has 1 aromatic carbocycles. The fraction of sp³-hybridized carbons (Fsp3) is 0.538. The lowest BCUT2D eigenvalue weighted by Crippen LogP contribution is -2.17. The summed E-state index contributed by atoms with van der Waals surface area (Å²) in [6.45, 7) is 4.07. The lowest BCUT2D eigenvalue weighted by Gasteiger charge is -2.14. The highest BCUT2D eigenvalue weighted by Crippen LogP contribution is 2.21. The SMILES string of the molecule is Cc1ccc(CN)c(OCC2CCCO2)c1. The summed E-state index contributed by atoms with van der Waals surface area (Å²) >= 11 is 0. The molecule has 3 heteroatoms. The maximum atomic E-state index is 5.79. The van der Waals surface area contributed by atoms with Gasteiger partial charge in [-0.15, -0.1) is 0 Å². The molecule has 0 aliphatic carbocycles. The molecule has 0 bridgehead atoms. The number of aryl methyl sites for hydroxylation is 1. The van der Waals surface area contributed by atoms with Gasteiger partial charge < -0.3 is 15.2 Å². The second-order valence-electron chi connectivity index (χ2n) is 4.26. The Morgan fingerprint density at radius 3 is 3.06 bits per heavy atom. The van der Waals surface area contributed by atoms with E-state index in [1.165, 1.54) is 5.56 Å². The molecule has 1 saturated heterocycles. The van der Waals surface area contributed by atoms with Crippen LogP contribution in [0.1, 0.15) is 24.0 Å². The lowest BCUT2D eigenvalue weighted by molar-refractivity contribution is 0.0676. The van der Waals surface area contributed by atoms with Crippen LogP contribution in [0, 0.1) is 6.92 Å². The van der Waals surface area contributed by atoms with Crippen LogP contribution in [0.25, 0.3) is 0 Å². The van der Waals surface area contributed by atoms with Crippen LogP contribution in [0.15, 0.2) is 18.2 Å². The van der Waals surface area contributed by atoms with Gasteiger partial charge in [-0.1, -0.05) is 12.1 Å². The summed E-state index contributed by atoms with van der Waals surface area (Å²) in [7, 11) is 0. The summed E-state index contributed by atoms with van der Waals surface area (Å²) in [5.41, 5.74) is 7.93. The summed E-state index contributed by atoms with van der Waals surface area (Å²) in [5, 5.41) is 0. The molecule has 1 aliphatic heterocycles. The van der Waals surface area contributed by atoms with E-state index in [-0.39, 0.29) is 6.10 Å². The highest BCUT2D eigenvalue weighted by molar-refractivity contribution is 5.37. The first kappa shape index (κ1) is 11.4. The minimum absolute atomic E-state index is 0.256. The van der Waals surface area contributed by atoms with Crippen molar-refractivity contribution in [3.8, 4) is 5.75 Å². The van der Waals surface area contributed by atoms with Crippen molar-refractivity contribution in [3.05, 3.63) is 29.3 Å². The van der Waals surface area contributed by atoms with Crippen LogP contribution >= 0.6 is 0 Å². The summed E-state index contributed by atoms with van der Waals surface area (Å²) in [4.78, 5) is 0. The molecule has 1 heterocycles. The molecular weight excluding hydrogens is 202 g/mol. The van der Waals surface area contributed by atoms with Gasteiger partial charge in [0.05, 0.1) is 6.10 Å². The van der Waals surface area contributed by atoms with Crippen LogP contribution in [0.4, 0.5) is 0 Å². The van der Waals surface area contributed by atoms with Gasteiger partial charge in [0.1, 0.15) is 12.4 Å². The van der Waals surface area contributed by atoms with Crippen molar-refractivity contribution < 1.29 is 9.47 Å². The van der Waals surface area contributed by atoms with E-state index in [1.807, 2.05) is 12.1 Å². The predicted octanol–water partition coefficient (Wildman–Crippen LogP) is 2.01. The molecule has 16 heavy (non-hydrogen) atoms. The third-order valence-corrected chi connectivity index (χ3v) is 2.89. The minimum atomic E-state index is 0.256. The molecule has 88 valence electrons. The van der Waals surface area contributed by atoms with E-state index in [0.29, 0.717) is 13.2 Å². The third kappa shape index (κ3) is 2.74. The van der Waals surface area contributed by atoms with Crippen molar-refractivity contribution in [3.63, 3.8) is 0 Å². The number of hydrogen-bond donors (Lipinski definition) is 1. The van der Waals surface area contributed by atoms with E-state index in [9.17, 15) is 0 Å². The summed E-state index contributed by atoms with van der Waals surface area (Å²) in [6, 6.07) is 6.12. The van der Waals surface area contributed by atoms with Gasteiger partial charge in [0, 0.05) is 18.7 Å². The normalized spacial score (nSPS) is 20.0. The topological polar surface area (TPSA) is 44.5 Å². The minimum Gasteiger partial charge on any atom is -0.491 e. The van der Waals surface area contributed by atoms with Crippen molar-refractivity contribution in [2.45, 2.75) is 32.4 Å². The number of ether oxygens (including phenoxy) is 2. The second-order valence-corrected chi connectivity index (χ2v) is 4.26. The smallest absolute Gasteiger partial charge is 0.124 e. The lowest BCUT2D eigenvalue weighted by atomic mass is 10.1. The molecule has 0 amide bonds. The van der Waals surface area contributed by atoms with Crippen molar-refractivity contribution in [2.75, 3.05) is 13.2 Å². The Bertz CT molecular complexity index is 346. The van der Waals surface area contributed by atoms with E-state index in [2.05, 4.69) is 13.0 Å². The van der Waals surface area contributed by atoms with Crippen LogP contribution < -0.4 is 10.5 Å². The van der Waals surface area contributed by atoms with Crippen LogP contribution in [0.3, 0.4) is 0 Å². The van der Waals surface area contributed by atoms with E-state index < -0.39 is 0 Å². The molecule has 0 radical (unpaired) electrons. The molecule has 0 aromatic heterocycles. The fourth-order valence-electron chi connectivity index (χ4n) is 1.92. The van der Waals surface area contributed by atoms with Crippen LogP contribution in [0.5, 0.6) is 5.75 Å². The van der Waals surface area contributed by atoms with E-state index in [1.54, 1.807) is 0 Å². The predicted molar refractivity (Wildman–Crippen MR) is 63.5 cm³/mol. The Kier molecular flexibility index (Phi) is 3.80. The third-order valence-electron chi connectivity index (χ3n) is 2.89. The van der Waals surface area contributed by atoms with Crippen molar-refractivity contribution in [1.82, 2.24) is 0 Å². The first-order valence-electron chi connectivity index (χ1n) is 5.83. The molecule has 1 atom stereocenters. The molecule has 2 N–H and O–H groups in total. The molecular formula is C13H19NO2. The summed E-state index contributed by atoms with van der Waals surface area (Å²) < 4.78 is 11.3. The Morgan fingerprint density at radius 2 is 2.38 bits per heavy atom. The van der Waals surface area contributed by atoms with Gasteiger partial charge in [-0.3, -0.25) is 0 Å². The zero-order valence-electron chi connectivity index (χ0n) is 9.74. The van der Waals surface area contributed by atoms with Gasteiger partial charge in [0.15, 0.2) is 0 Å². The van der Waals surface area contributed by atoms with Gasteiger partial charge in [-0.05, 0) is 31.4 Å². The van der Waals surface area contributed by atoms with Gasteiger partial charge in [0.25, 0.3) is 0 Å². The van der Waals surface area contributed by atoms with Gasteiger partial charge in [-0.25, -0.2) is 0 Å². The zero-order valence-corrected chi connectivity index (χ0v) is 9.74. The van der Waals surface area contributed by atoms with Gasteiger partial charge in [0.2, 0.25) is 0 Å². The largest absolute Gasteiger partial charge is 0.491 e. The Labute approximate surface area is 96.5 Å². The van der Waals surface area contributed by atoms with Gasteiger partial charge in [-0.2, -0.15) is 0 Å². The zero-order chi connectivity index (χ0) is 11.4. The number of benzene rings is 1. The Morgan fingerprint density at radius 1 is 1.50 bits per heavy atom. The fourth-order valence-corrected chi connectivity index (χ4v) is 1.92. The van der Waals surface area contributed by atoms with Crippen molar-refractivity contribution in [2.24, 2.45) is 5.73 Å². The van der Waals surface area contributed by atoms with E-state index in [4.69, 9.17) is 15.2 Å². The quantitative estimate of drug-likeness (QED) is 0.846. The highest BCUT2D eigenvalue weighted by Gasteiger charge is 2.16. The standard InChI is InChI=1S/C13H19NO2/c1-10-4-5-11(8-14)13(7-10)16-9-12-3-2-6-15-12/h4-5,7,12H,2-3,6,8-9,14H2,1H3. The number of nitrogens with two attached hydrogens (primary N) is 1. The maximum Gasteiger partial charge on any atom is 0.124 e. The second kappa shape index (κ2) is 5.32. The van der Waals surface area contributed by atoms with Crippen LogP contribution in [0.2, 0.25) is 0 Å². The van der Waals surface area contributed by atoms with Gasteiger partial charge >= 0.3 is 0 Å². The monoisotopic (exact) mass is 221 g/mol. The first-order valence-corrected chi connectivity index (χ1v) is 5.83. The van der Waals surface area contributed by atoms with Crippen molar-refractivity contribution in [1.29, 1.82) is 0 Å².